The molecule has 1 atom stereocenters. The highest BCUT2D eigenvalue weighted by atomic mass is 79.9. The van der Waals surface area contributed by atoms with Crippen LogP contribution in [0.5, 0.6) is 5.75 Å². The first-order chi connectivity index (χ1) is 10.4. The van der Waals surface area contributed by atoms with Crippen LogP contribution in [0.4, 0.5) is 10.1 Å². The Morgan fingerprint density at radius 2 is 2.05 bits per heavy atom. The fourth-order valence-electron chi connectivity index (χ4n) is 1.65. The molecular weight excluding hydrogens is 396 g/mol. The van der Waals surface area contributed by atoms with Gasteiger partial charge in [-0.05, 0) is 37.3 Å². The molecule has 0 aliphatic rings. The van der Waals surface area contributed by atoms with Crippen LogP contribution in [0.2, 0.25) is 10.0 Å². The second-order valence-electron chi connectivity index (χ2n) is 4.43. The molecule has 7 heteroatoms. The van der Waals surface area contributed by atoms with Crippen LogP contribution >= 0.6 is 39.1 Å². The molecule has 3 nitrogen and oxygen atoms in total. The maximum atomic E-state index is 13.7. The van der Waals surface area contributed by atoms with Gasteiger partial charge < -0.3 is 10.1 Å². The zero-order valence-corrected chi connectivity index (χ0v) is 14.5. The minimum absolute atomic E-state index is 0.0111. The molecule has 0 radical (unpaired) electrons. The van der Waals surface area contributed by atoms with E-state index in [1.807, 2.05) is 0 Å². The summed E-state index contributed by atoms with van der Waals surface area (Å²) in [4.78, 5) is 12.1. The van der Waals surface area contributed by atoms with Crippen molar-refractivity contribution in [1.82, 2.24) is 0 Å². The molecule has 2 aromatic rings. The van der Waals surface area contributed by atoms with E-state index in [0.717, 1.165) is 0 Å². The van der Waals surface area contributed by atoms with Crippen LogP contribution in [0.15, 0.2) is 40.9 Å². The van der Waals surface area contributed by atoms with E-state index in [-0.39, 0.29) is 10.8 Å². The van der Waals surface area contributed by atoms with E-state index < -0.39 is 17.8 Å². The number of amides is 1. The fourth-order valence-corrected chi connectivity index (χ4v) is 2.33. The maximum Gasteiger partial charge on any atom is 0.265 e. The Kier molecular flexibility index (Phi) is 5.67. The van der Waals surface area contributed by atoms with Gasteiger partial charge in [-0.3, -0.25) is 4.79 Å². The van der Waals surface area contributed by atoms with Crippen LogP contribution in [-0.2, 0) is 4.79 Å². The smallest absolute Gasteiger partial charge is 0.265 e. The van der Waals surface area contributed by atoms with Gasteiger partial charge in [0.2, 0.25) is 0 Å². The first kappa shape index (κ1) is 17.1. The summed E-state index contributed by atoms with van der Waals surface area (Å²) >= 11 is 15.0. The van der Waals surface area contributed by atoms with Crippen molar-refractivity contribution in [3.63, 3.8) is 0 Å². The molecule has 22 heavy (non-hydrogen) atoms. The van der Waals surface area contributed by atoms with Crippen molar-refractivity contribution in [3.05, 3.63) is 56.7 Å². The minimum Gasteiger partial charge on any atom is -0.478 e. The molecule has 0 aliphatic heterocycles. The zero-order valence-electron chi connectivity index (χ0n) is 11.4. The Hall–Kier alpha value is -1.30. The standard InChI is InChI=1S/C15H11BrCl2FNO2/c1-8(22-13-6-5-9(16)7-11(13)19)15(21)20-12-4-2-3-10(17)14(12)18/h2-8H,1H3,(H,20,21). The van der Waals surface area contributed by atoms with E-state index in [1.165, 1.54) is 19.1 Å². The lowest BCUT2D eigenvalue weighted by Gasteiger charge is -2.16. The van der Waals surface area contributed by atoms with Crippen LogP contribution in [-0.4, -0.2) is 12.0 Å². The van der Waals surface area contributed by atoms with Crippen LogP contribution in [0.25, 0.3) is 0 Å². The van der Waals surface area contributed by atoms with Gasteiger partial charge in [0.1, 0.15) is 0 Å². The summed E-state index contributed by atoms with van der Waals surface area (Å²) in [5, 5.41) is 3.15. The summed E-state index contributed by atoms with van der Waals surface area (Å²) in [6.07, 6.45) is -0.911. The fraction of sp³-hybridized carbons (Fsp3) is 0.133. The first-order valence-electron chi connectivity index (χ1n) is 6.25. The number of rotatable bonds is 4. The van der Waals surface area contributed by atoms with Gasteiger partial charge >= 0.3 is 0 Å². The number of carbonyl (C=O) groups is 1. The number of hydrogen-bond donors (Lipinski definition) is 1. The summed E-state index contributed by atoms with van der Waals surface area (Å²) in [6.45, 7) is 1.51. The highest BCUT2D eigenvalue weighted by Crippen LogP contribution is 2.30. The normalized spacial score (nSPS) is 11.9. The monoisotopic (exact) mass is 405 g/mol. The number of ether oxygens (including phenoxy) is 1. The van der Waals surface area contributed by atoms with Crippen molar-refractivity contribution in [2.24, 2.45) is 0 Å². The van der Waals surface area contributed by atoms with Crippen molar-refractivity contribution >= 4 is 50.7 Å². The van der Waals surface area contributed by atoms with Crippen molar-refractivity contribution in [2.45, 2.75) is 13.0 Å². The van der Waals surface area contributed by atoms with Crippen LogP contribution in [0.3, 0.4) is 0 Å². The Labute approximate surface area is 145 Å². The molecule has 1 amide bonds. The highest BCUT2D eigenvalue weighted by Gasteiger charge is 2.18. The predicted octanol–water partition coefficient (Wildman–Crippen LogP) is 5.30. The molecule has 0 spiro atoms. The van der Waals surface area contributed by atoms with E-state index in [0.29, 0.717) is 15.2 Å². The van der Waals surface area contributed by atoms with Crippen LogP contribution < -0.4 is 10.1 Å². The molecule has 1 N–H and O–H groups in total. The van der Waals surface area contributed by atoms with Gasteiger partial charge in [-0.2, -0.15) is 0 Å². The number of carbonyl (C=O) groups excluding carboxylic acids is 1. The average molecular weight is 407 g/mol. The lowest BCUT2D eigenvalue weighted by molar-refractivity contribution is -0.122. The lowest BCUT2D eigenvalue weighted by Crippen LogP contribution is -2.30. The zero-order chi connectivity index (χ0) is 16.3. The SMILES string of the molecule is CC(Oc1ccc(Br)cc1F)C(=O)Nc1cccc(Cl)c1Cl. The Bertz CT molecular complexity index is 712. The van der Waals surface area contributed by atoms with E-state index in [1.54, 1.807) is 24.3 Å². The summed E-state index contributed by atoms with van der Waals surface area (Å²) < 4.78 is 19.6. The van der Waals surface area contributed by atoms with Gasteiger partial charge in [-0.15, -0.1) is 0 Å². The Morgan fingerprint density at radius 1 is 1.32 bits per heavy atom. The third-order valence-corrected chi connectivity index (χ3v) is 4.09. The molecule has 0 aromatic heterocycles. The first-order valence-corrected chi connectivity index (χ1v) is 7.80. The van der Waals surface area contributed by atoms with E-state index >= 15 is 0 Å². The third-order valence-electron chi connectivity index (χ3n) is 2.78. The van der Waals surface area contributed by atoms with E-state index in [2.05, 4.69) is 21.2 Å². The van der Waals surface area contributed by atoms with E-state index in [9.17, 15) is 9.18 Å². The molecule has 2 rings (SSSR count). The summed E-state index contributed by atoms with van der Waals surface area (Å²) in [5.74, 6) is -1.04. The Balaban J connectivity index is 2.07. The molecule has 1 unspecified atom stereocenters. The van der Waals surface area contributed by atoms with Crippen molar-refractivity contribution in [3.8, 4) is 5.75 Å². The highest BCUT2D eigenvalue weighted by molar-refractivity contribution is 9.10. The molecule has 2 aromatic carbocycles. The quantitative estimate of drug-likeness (QED) is 0.747. The van der Waals surface area contributed by atoms with Gasteiger partial charge in [0.15, 0.2) is 17.7 Å². The molecule has 0 aliphatic carbocycles. The van der Waals surface area contributed by atoms with Gasteiger partial charge in [0.05, 0.1) is 15.7 Å². The third kappa shape index (κ3) is 4.12. The van der Waals surface area contributed by atoms with E-state index in [4.69, 9.17) is 27.9 Å². The second-order valence-corrected chi connectivity index (χ2v) is 6.13. The van der Waals surface area contributed by atoms with Crippen LogP contribution in [0, 0.1) is 5.82 Å². The summed E-state index contributed by atoms with van der Waals surface area (Å²) in [7, 11) is 0. The predicted molar refractivity (Wildman–Crippen MR) is 89.3 cm³/mol. The number of hydrogen-bond acceptors (Lipinski definition) is 2. The van der Waals surface area contributed by atoms with Crippen molar-refractivity contribution < 1.29 is 13.9 Å². The average Bonchev–Trinajstić information content (AvgIpc) is 2.46. The number of nitrogens with one attached hydrogen (secondary N) is 1. The largest absolute Gasteiger partial charge is 0.478 e. The number of anilines is 1. The van der Waals surface area contributed by atoms with Gasteiger partial charge in [0.25, 0.3) is 5.91 Å². The van der Waals surface area contributed by atoms with Gasteiger partial charge in [-0.25, -0.2) is 4.39 Å². The minimum atomic E-state index is -0.911. The number of halogens is 4. The summed E-state index contributed by atoms with van der Waals surface area (Å²) in [6, 6.07) is 9.19. The molecular formula is C15H11BrCl2FNO2. The molecule has 116 valence electrons. The topological polar surface area (TPSA) is 38.3 Å². The second kappa shape index (κ2) is 7.31. The lowest BCUT2D eigenvalue weighted by atomic mass is 10.3. The van der Waals surface area contributed by atoms with Crippen molar-refractivity contribution in [2.75, 3.05) is 5.32 Å². The molecule has 0 fully saturated rings. The Morgan fingerprint density at radius 3 is 2.73 bits per heavy atom. The maximum absolute atomic E-state index is 13.7. The summed E-state index contributed by atoms with van der Waals surface area (Å²) in [5.41, 5.74) is 0.367. The molecule has 0 bridgehead atoms. The molecule has 0 saturated carbocycles. The molecule has 0 saturated heterocycles. The van der Waals surface area contributed by atoms with Gasteiger partial charge in [-0.1, -0.05) is 45.2 Å². The molecule has 0 heterocycles. The van der Waals surface area contributed by atoms with Gasteiger partial charge in [0, 0.05) is 4.47 Å². The van der Waals surface area contributed by atoms with Crippen molar-refractivity contribution in [1.29, 1.82) is 0 Å². The number of benzene rings is 2. The van der Waals surface area contributed by atoms with Crippen LogP contribution in [0.1, 0.15) is 6.92 Å².